The molecular formula is C24H50O10. The van der Waals surface area contributed by atoms with Gasteiger partial charge >= 0.3 is 0 Å². The zero-order chi connectivity index (χ0) is 24.8. The molecule has 0 spiro atoms. The van der Waals surface area contributed by atoms with Gasteiger partial charge in [0.15, 0.2) is 0 Å². The average molecular weight is 499 g/mol. The molecule has 0 saturated heterocycles. The van der Waals surface area contributed by atoms with Gasteiger partial charge in [0.1, 0.15) is 0 Å². The van der Waals surface area contributed by atoms with Crippen LogP contribution in [0.15, 0.2) is 0 Å². The third-order valence-electron chi connectivity index (χ3n) is 4.54. The summed E-state index contributed by atoms with van der Waals surface area (Å²) in [6, 6.07) is 0. The molecule has 0 fully saturated rings. The number of unbranched alkanes of at least 4 members (excludes halogenated alkanes) is 3. The smallest absolute Gasteiger partial charge is 0.0773 e. The van der Waals surface area contributed by atoms with E-state index in [2.05, 4.69) is 6.92 Å². The fourth-order valence-electron chi connectivity index (χ4n) is 2.71. The molecule has 0 bridgehead atoms. The summed E-state index contributed by atoms with van der Waals surface area (Å²) >= 11 is 0. The highest BCUT2D eigenvalue weighted by atomic mass is 16.6. The number of rotatable bonds is 30. The summed E-state index contributed by atoms with van der Waals surface area (Å²) in [5, 5.41) is 18.4. The SMILES string of the molecule is CCCCCCC(O)COCCOCCOCCOCCOCCOCCOCCOCCO. The van der Waals surface area contributed by atoms with Crippen LogP contribution in [0.4, 0.5) is 0 Å². The van der Waals surface area contributed by atoms with Crippen LogP contribution in [0.1, 0.15) is 39.0 Å². The lowest BCUT2D eigenvalue weighted by molar-refractivity contribution is -0.0278. The summed E-state index contributed by atoms with van der Waals surface area (Å²) in [5.74, 6) is 0. The van der Waals surface area contributed by atoms with Crippen LogP contribution in [0.2, 0.25) is 0 Å². The molecule has 1 unspecified atom stereocenters. The van der Waals surface area contributed by atoms with E-state index in [4.69, 9.17) is 43.0 Å². The Morgan fingerprint density at radius 2 is 0.824 bits per heavy atom. The van der Waals surface area contributed by atoms with Gasteiger partial charge in [0, 0.05) is 0 Å². The molecule has 0 saturated carbocycles. The van der Waals surface area contributed by atoms with Crippen molar-refractivity contribution in [3.63, 3.8) is 0 Å². The van der Waals surface area contributed by atoms with Crippen molar-refractivity contribution in [3.05, 3.63) is 0 Å². The maximum atomic E-state index is 9.80. The van der Waals surface area contributed by atoms with Crippen molar-refractivity contribution < 1.29 is 48.1 Å². The molecule has 0 amide bonds. The molecule has 0 rings (SSSR count). The Labute approximate surface area is 206 Å². The summed E-state index contributed by atoms with van der Waals surface area (Å²) in [5.41, 5.74) is 0. The summed E-state index contributed by atoms with van der Waals surface area (Å²) in [4.78, 5) is 0. The molecule has 0 aliphatic rings. The van der Waals surface area contributed by atoms with Crippen LogP contribution < -0.4 is 0 Å². The van der Waals surface area contributed by atoms with Crippen molar-refractivity contribution in [2.75, 3.05) is 112 Å². The van der Waals surface area contributed by atoms with Crippen molar-refractivity contribution in [1.82, 2.24) is 0 Å². The maximum absolute atomic E-state index is 9.80. The van der Waals surface area contributed by atoms with E-state index in [0.717, 1.165) is 12.8 Å². The first-order valence-electron chi connectivity index (χ1n) is 12.7. The van der Waals surface area contributed by atoms with Gasteiger partial charge in [-0.25, -0.2) is 0 Å². The largest absolute Gasteiger partial charge is 0.394 e. The molecule has 2 N–H and O–H groups in total. The van der Waals surface area contributed by atoms with Gasteiger partial charge in [-0.05, 0) is 6.42 Å². The molecule has 10 nitrogen and oxygen atoms in total. The van der Waals surface area contributed by atoms with E-state index in [1.165, 1.54) is 19.3 Å². The fourth-order valence-corrected chi connectivity index (χ4v) is 2.71. The van der Waals surface area contributed by atoms with Gasteiger partial charge < -0.3 is 48.1 Å². The topological polar surface area (TPSA) is 114 Å². The number of aliphatic hydroxyl groups is 2. The molecule has 0 heterocycles. The first-order valence-corrected chi connectivity index (χ1v) is 12.7. The molecule has 10 heteroatoms. The van der Waals surface area contributed by atoms with E-state index < -0.39 is 0 Å². The predicted octanol–water partition coefficient (Wildman–Crippen LogP) is 1.44. The van der Waals surface area contributed by atoms with E-state index in [9.17, 15) is 5.11 Å². The summed E-state index contributed by atoms with van der Waals surface area (Å²) < 4.78 is 42.9. The normalized spacial score (nSPS) is 12.4. The predicted molar refractivity (Wildman–Crippen MR) is 128 cm³/mol. The molecule has 0 aromatic heterocycles. The number of ether oxygens (including phenoxy) is 8. The van der Waals surface area contributed by atoms with Gasteiger partial charge in [-0.15, -0.1) is 0 Å². The molecule has 34 heavy (non-hydrogen) atoms. The Kier molecular flexibility index (Phi) is 30.3. The molecule has 0 aromatic rings. The second kappa shape index (κ2) is 30.6. The van der Waals surface area contributed by atoms with Crippen LogP contribution in [0.3, 0.4) is 0 Å². The van der Waals surface area contributed by atoms with E-state index in [1.54, 1.807) is 0 Å². The monoisotopic (exact) mass is 498 g/mol. The first kappa shape index (κ1) is 33.6. The number of hydrogen-bond acceptors (Lipinski definition) is 10. The van der Waals surface area contributed by atoms with Gasteiger partial charge in [0.2, 0.25) is 0 Å². The Morgan fingerprint density at radius 1 is 0.471 bits per heavy atom. The fraction of sp³-hybridized carbons (Fsp3) is 1.00. The molecule has 206 valence electrons. The van der Waals surface area contributed by atoms with Gasteiger partial charge in [-0.3, -0.25) is 0 Å². The van der Waals surface area contributed by atoms with Crippen LogP contribution in [0.25, 0.3) is 0 Å². The lowest BCUT2D eigenvalue weighted by atomic mass is 10.1. The lowest BCUT2D eigenvalue weighted by Gasteiger charge is -2.11. The molecule has 0 radical (unpaired) electrons. The molecule has 0 aliphatic carbocycles. The third kappa shape index (κ3) is 29.6. The van der Waals surface area contributed by atoms with E-state index in [1.807, 2.05) is 0 Å². The average Bonchev–Trinajstić information content (AvgIpc) is 2.84. The van der Waals surface area contributed by atoms with Gasteiger partial charge in [-0.1, -0.05) is 32.6 Å². The summed E-state index contributed by atoms with van der Waals surface area (Å²) in [6.45, 7) is 9.98. The Bertz CT molecular complexity index is 363. The van der Waals surface area contributed by atoms with Gasteiger partial charge in [-0.2, -0.15) is 0 Å². The maximum Gasteiger partial charge on any atom is 0.0773 e. The lowest BCUT2D eigenvalue weighted by Crippen LogP contribution is -2.18. The van der Waals surface area contributed by atoms with E-state index >= 15 is 0 Å². The molecule has 0 aliphatic heterocycles. The minimum atomic E-state index is -0.376. The second-order valence-corrected chi connectivity index (χ2v) is 7.59. The van der Waals surface area contributed by atoms with Crippen LogP contribution in [-0.4, -0.2) is 129 Å². The Hall–Kier alpha value is -0.400. The van der Waals surface area contributed by atoms with Crippen molar-refractivity contribution in [3.8, 4) is 0 Å². The quantitative estimate of drug-likeness (QED) is 0.141. The number of hydrogen-bond donors (Lipinski definition) is 2. The second-order valence-electron chi connectivity index (χ2n) is 7.59. The van der Waals surface area contributed by atoms with Gasteiger partial charge in [0.25, 0.3) is 0 Å². The van der Waals surface area contributed by atoms with Crippen molar-refractivity contribution >= 4 is 0 Å². The van der Waals surface area contributed by atoms with Crippen LogP contribution in [-0.2, 0) is 37.9 Å². The zero-order valence-electron chi connectivity index (χ0n) is 21.3. The summed E-state index contributed by atoms with van der Waals surface area (Å²) in [6.07, 6.45) is 5.09. The van der Waals surface area contributed by atoms with E-state index in [0.29, 0.717) is 106 Å². The highest BCUT2D eigenvalue weighted by molar-refractivity contribution is 4.54. The molecule has 0 aromatic carbocycles. The van der Waals surface area contributed by atoms with E-state index in [-0.39, 0.29) is 12.7 Å². The Morgan fingerprint density at radius 3 is 1.18 bits per heavy atom. The van der Waals surface area contributed by atoms with Crippen LogP contribution in [0.5, 0.6) is 0 Å². The standard InChI is InChI=1S/C24H50O10/c1-2-3-4-5-6-24(26)23-34-22-21-33-20-19-32-18-17-31-16-15-30-14-13-29-12-11-28-10-9-27-8-7-25/h24-26H,2-23H2,1H3. The summed E-state index contributed by atoms with van der Waals surface area (Å²) in [7, 11) is 0. The van der Waals surface area contributed by atoms with Crippen molar-refractivity contribution in [1.29, 1.82) is 0 Å². The highest BCUT2D eigenvalue weighted by Gasteiger charge is 2.03. The third-order valence-corrected chi connectivity index (χ3v) is 4.54. The highest BCUT2D eigenvalue weighted by Crippen LogP contribution is 2.05. The number of aliphatic hydroxyl groups excluding tert-OH is 2. The van der Waals surface area contributed by atoms with Crippen molar-refractivity contribution in [2.24, 2.45) is 0 Å². The van der Waals surface area contributed by atoms with Crippen LogP contribution in [0, 0.1) is 0 Å². The minimum absolute atomic E-state index is 0.0292. The molecule has 1 atom stereocenters. The molecular weight excluding hydrogens is 448 g/mol. The van der Waals surface area contributed by atoms with Crippen molar-refractivity contribution in [2.45, 2.75) is 45.1 Å². The van der Waals surface area contributed by atoms with Crippen LogP contribution >= 0.6 is 0 Å². The Balaban J connectivity index is 3.06. The van der Waals surface area contributed by atoms with Gasteiger partial charge in [0.05, 0.1) is 118 Å². The zero-order valence-corrected chi connectivity index (χ0v) is 21.3. The first-order chi connectivity index (χ1) is 16.8. The minimum Gasteiger partial charge on any atom is -0.394 e.